The summed E-state index contributed by atoms with van der Waals surface area (Å²) >= 11 is 0. The Balaban J connectivity index is 3.32. The first-order valence-electron chi connectivity index (χ1n) is 5.49. The van der Waals surface area contributed by atoms with Gasteiger partial charge in [-0.25, -0.2) is 4.79 Å². The third-order valence-corrected chi connectivity index (χ3v) is 2.43. The van der Waals surface area contributed by atoms with Crippen LogP contribution in [0.25, 0.3) is 0 Å². The Morgan fingerprint density at radius 3 is 2.33 bits per heavy atom. The molecule has 0 heterocycles. The van der Waals surface area contributed by atoms with Gasteiger partial charge < -0.3 is 14.2 Å². The van der Waals surface area contributed by atoms with Gasteiger partial charge in [0, 0.05) is 0 Å². The lowest BCUT2D eigenvalue weighted by Gasteiger charge is -2.13. The van der Waals surface area contributed by atoms with Crippen molar-refractivity contribution in [1.29, 1.82) is 0 Å². The molecule has 1 aromatic rings. The highest BCUT2D eigenvalue weighted by atomic mass is 16.5. The quantitative estimate of drug-likeness (QED) is 0.454. The molecule has 5 heteroatoms. The molecule has 1 rings (SSSR count). The lowest BCUT2D eigenvalue weighted by Crippen LogP contribution is -2.19. The van der Waals surface area contributed by atoms with Crippen molar-refractivity contribution < 1.29 is 23.8 Å². The normalized spacial score (nSPS) is 9.78. The summed E-state index contributed by atoms with van der Waals surface area (Å²) in [6.07, 6.45) is 0. The maximum atomic E-state index is 12.0. The lowest BCUT2D eigenvalue weighted by molar-refractivity contribution is -0.137. The largest absolute Gasteiger partial charge is 0.496 e. The lowest BCUT2D eigenvalue weighted by atomic mass is 10.0. The number of hydrogen-bond acceptors (Lipinski definition) is 5. The molecule has 0 saturated carbocycles. The van der Waals surface area contributed by atoms with E-state index < -0.39 is 11.8 Å². The molecule has 0 amide bonds. The van der Waals surface area contributed by atoms with Crippen LogP contribution >= 0.6 is 0 Å². The third-order valence-electron chi connectivity index (χ3n) is 2.43. The summed E-state index contributed by atoms with van der Waals surface area (Å²) in [5.74, 6) is -1.07. The summed E-state index contributed by atoms with van der Waals surface area (Å²) in [6.45, 7) is 3.55. The van der Waals surface area contributed by atoms with Crippen molar-refractivity contribution in [3.05, 3.63) is 23.3 Å². The topological polar surface area (TPSA) is 61.8 Å². The Morgan fingerprint density at radius 2 is 1.83 bits per heavy atom. The number of benzene rings is 1. The molecule has 0 N–H and O–H groups in total. The van der Waals surface area contributed by atoms with Gasteiger partial charge in [-0.05, 0) is 25.5 Å². The van der Waals surface area contributed by atoms with E-state index in [-0.39, 0.29) is 17.9 Å². The van der Waals surface area contributed by atoms with Crippen LogP contribution in [0.2, 0.25) is 0 Å². The van der Waals surface area contributed by atoms with E-state index >= 15 is 0 Å². The minimum atomic E-state index is -0.917. The van der Waals surface area contributed by atoms with E-state index in [1.165, 1.54) is 14.2 Å². The number of carbonyl (C=O) groups excluding carboxylic acids is 2. The Bertz CT molecular complexity index is 465. The fourth-order valence-corrected chi connectivity index (χ4v) is 1.62. The average Bonchev–Trinajstić information content (AvgIpc) is 2.37. The van der Waals surface area contributed by atoms with Gasteiger partial charge in [-0.3, -0.25) is 4.79 Å². The Hall–Kier alpha value is -2.04. The van der Waals surface area contributed by atoms with E-state index in [9.17, 15) is 9.59 Å². The van der Waals surface area contributed by atoms with Crippen molar-refractivity contribution in [2.75, 3.05) is 20.8 Å². The van der Waals surface area contributed by atoms with Gasteiger partial charge in [-0.1, -0.05) is 6.07 Å². The van der Waals surface area contributed by atoms with E-state index in [0.29, 0.717) is 5.75 Å². The van der Waals surface area contributed by atoms with Crippen LogP contribution < -0.4 is 9.47 Å². The van der Waals surface area contributed by atoms with E-state index in [1.807, 2.05) is 0 Å². The van der Waals surface area contributed by atoms with Gasteiger partial charge in [0.15, 0.2) is 0 Å². The Kier molecular flexibility index (Phi) is 4.71. The van der Waals surface area contributed by atoms with Gasteiger partial charge in [-0.2, -0.15) is 0 Å². The molecule has 0 bridgehead atoms. The zero-order chi connectivity index (χ0) is 13.7. The predicted molar refractivity (Wildman–Crippen MR) is 65.2 cm³/mol. The number of rotatable bonds is 5. The third kappa shape index (κ3) is 2.61. The molecule has 18 heavy (non-hydrogen) atoms. The minimum absolute atomic E-state index is 0.0958. The highest BCUT2D eigenvalue weighted by Crippen LogP contribution is 2.32. The van der Waals surface area contributed by atoms with Crippen LogP contribution in [-0.2, 0) is 9.53 Å². The van der Waals surface area contributed by atoms with E-state index in [4.69, 9.17) is 14.2 Å². The molecule has 98 valence electrons. The van der Waals surface area contributed by atoms with Crippen LogP contribution in [0.3, 0.4) is 0 Å². The van der Waals surface area contributed by atoms with Gasteiger partial charge in [0.25, 0.3) is 5.78 Å². The summed E-state index contributed by atoms with van der Waals surface area (Å²) in [6, 6.07) is 3.36. The maximum absolute atomic E-state index is 12.0. The van der Waals surface area contributed by atoms with Crippen LogP contribution in [0.4, 0.5) is 0 Å². The molecule has 0 radical (unpaired) electrons. The number of methoxy groups -OCH3 is 2. The fourth-order valence-electron chi connectivity index (χ4n) is 1.62. The number of Topliss-reactive ketones (excluding diaryl/α,β-unsaturated/α-hetero) is 1. The monoisotopic (exact) mass is 252 g/mol. The second-order valence-electron chi connectivity index (χ2n) is 3.54. The molecule has 5 nitrogen and oxygen atoms in total. The Labute approximate surface area is 106 Å². The van der Waals surface area contributed by atoms with Gasteiger partial charge >= 0.3 is 5.97 Å². The molecule has 0 aliphatic rings. The van der Waals surface area contributed by atoms with E-state index in [0.717, 1.165) is 5.56 Å². The number of ether oxygens (including phenoxy) is 3. The molecule has 0 aromatic heterocycles. The molecule has 0 aliphatic carbocycles. The zero-order valence-corrected chi connectivity index (χ0v) is 10.9. The van der Waals surface area contributed by atoms with Crippen molar-refractivity contribution in [2.45, 2.75) is 13.8 Å². The van der Waals surface area contributed by atoms with Crippen LogP contribution in [0.5, 0.6) is 11.5 Å². The highest BCUT2D eigenvalue weighted by Gasteiger charge is 2.26. The molecule has 0 spiro atoms. The number of aryl methyl sites for hydroxylation is 1. The van der Waals surface area contributed by atoms with Gasteiger partial charge in [0.1, 0.15) is 17.1 Å². The van der Waals surface area contributed by atoms with Crippen LogP contribution in [0.15, 0.2) is 12.1 Å². The average molecular weight is 252 g/mol. The summed E-state index contributed by atoms with van der Waals surface area (Å²) in [5.41, 5.74) is 0.837. The molecule has 0 saturated heterocycles. The van der Waals surface area contributed by atoms with E-state index in [1.54, 1.807) is 26.0 Å². The fraction of sp³-hybridized carbons (Fsp3) is 0.385. The standard InChI is InChI=1S/C13H16O5/c1-5-18-13(15)11(14)10-9(16-3)7-6-8(2)12(10)17-4/h6-7H,5H2,1-4H3. The molecule has 0 aliphatic heterocycles. The maximum Gasteiger partial charge on any atom is 0.379 e. The number of hydrogen-bond donors (Lipinski definition) is 0. The van der Waals surface area contributed by atoms with Crippen molar-refractivity contribution in [2.24, 2.45) is 0 Å². The first kappa shape index (κ1) is 14.0. The molecule has 0 unspecified atom stereocenters. The minimum Gasteiger partial charge on any atom is -0.496 e. The van der Waals surface area contributed by atoms with Gasteiger partial charge in [0.05, 0.1) is 20.8 Å². The molecule has 1 aromatic carbocycles. The summed E-state index contributed by atoms with van der Waals surface area (Å²) < 4.78 is 14.9. The highest BCUT2D eigenvalue weighted by molar-refractivity contribution is 6.42. The molecular weight excluding hydrogens is 236 g/mol. The first-order valence-corrected chi connectivity index (χ1v) is 5.49. The van der Waals surface area contributed by atoms with E-state index in [2.05, 4.69) is 0 Å². The second-order valence-corrected chi connectivity index (χ2v) is 3.54. The van der Waals surface area contributed by atoms with Crippen molar-refractivity contribution in [3.8, 4) is 11.5 Å². The summed E-state index contributed by atoms with van der Waals surface area (Å²) in [4.78, 5) is 23.5. The number of ketones is 1. The van der Waals surface area contributed by atoms with Gasteiger partial charge in [-0.15, -0.1) is 0 Å². The number of carbonyl (C=O) groups is 2. The summed E-state index contributed by atoms with van der Waals surface area (Å²) in [5, 5.41) is 0. The zero-order valence-electron chi connectivity index (χ0n) is 10.9. The van der Waals surface area contributed by atoms with Crippen molar-refractivity contribution in [1.82, 2.24) is 0 Å². The van der Waals surface area contributed by atoms with Crippen LogP contribution in [0, 0.1) is 6.92 Å². The molecule has 0 atom stereocenters. The molecular formula is C13H16O5. The van der Waals surface area contributed by atoms with Crippen LogP contribution in [0.1, 0.15) is 22.8 Å². The van der Waals surface area contributed by atoms with Crippen molar-refractivity contribution >= 4 is 11.8 Å². The Morgan fingerprint density at radius 1 is 1.17 bits per heavy atom. The summed E-state index contributed by atoms with van der Waals surface area (Å²) in [7, 11) is 2.86. The predicted octanol–water partition coefficient (Wildman–Crippen LogP) is 1.76. The van der Waals surface area contributed by atoms with Gasteiger partial charge in [0.2, 0.25) is 0 Å². The molecule has 0 fully saturated rings. The second kappa shape index (κ2) is 6.05. The van der Waals surface area contributed by atoms with Crippen LogP contribution in [-0.4, -0.2) is 32.6 Å². The smallest absolute Gasteiger partial charge is 0.379 e. The van der Waals surface area contributed by atoms with Crippen molar-refractivity contribution in [3.63, 3.8) is 0 Å². The first-order chi connectivity index (χ1) is 8.56. The number of esters is 1. The SMILES string of the molecule is CCOC(=O)C(=O)c1c(OC)ccc(C)c1OC.